The zero-order chi connectivity index (χ0) is 38.6. The molecule has 0 amide bonds. The lowest BCUT2D eigenvalue weighted by molar-refractivity contribution is 1.08. The predicted molar refractivity (Wildman–Crippen MR) is 242 cm³/mol. The van der Waals surface area contributed by atoms with Crippen molar-refractivity contribution in [2.75, 3.05) is 11.9 Å². The normalized spacial score (nSPS) is 12.2. The summed E-state index contributed by atoms with van der Waals surface area (Å²) in [6.07, 6.45) is 1.86. The van der Waals surface area contributed by atoms with E-state index in [4.69, 9.17) is 4.98 Å². The SMILES string of the molecule is CN(c1cccc([N+]2=C=[N+](c3c(-c4ccccc4)cccc3-c3ccccc3)c3c2ccc2ccccc32)c1)c1ccc2c3ccccc3n(-c3ccccn3)c2c1. The molecular weight excluding hydrogens is 707 g/mol. The number of pyridine rings is 1. The summed E-state index contributed by atoms with van der Waals surface area (Å²) >= 11 is 0. The maximum atomic E-state index is 4.75. The summed E-state index contributed by atoms with van der Waals surface area (Å²) in [5, 5.41) is 4.75. The molecule has 0 N–H and O–H groups in total. The number of para-hydroxylation sites is 2. The van der Waals surface area contributed by atoms with Crippen LogP contribution in [0.4, 0.5) is 34.1 Å². The van der Waals surface area contributed by atoms with Crippen LogP contribution in [0.5, 0.6) is 0 Å². The Labute approximate surface area is 336 Å². The van der Waals surface area contributed by atoms with Crippen molar-refractivity contribution in [2.24, 2.45) is 0 Å². The molecule has 0 radical (unpaired) electrons. The van der Waals surface area contributed by atoms with Crippen LogP contribution in [0.25, 0.3) is 60.6 Å². The molecule has 1 aliphatic heterocycles. The number of benzene rings is 8. The van der Waals surface area contributed by atoms with Gasteiger partial charge in [0.15, 0.2) is 0 Å². The van der Waals surface area contributed by atoms with Gasteiger partial charge in [0.1, 0.15) is 5.82 Å². The van der Waals surface area contributed by atoms with Crippen LogP contribution in [0.3, 0.4) is 0 Å². The highest BCUT2D eigenvalue weighted by Crippen LogP contribution is 2.47. The Balaban J connectivity index is 1.10. The van der Waals surface area contributed by atoms with Gasteiger partial charge in [0, 0.05) is 53.6 Å². The molecule has 0 saturated carbocycles. The first kappa shape index (κ1) is 33.5. The van der Waals surface area contributed by atoms with E-state index in [0.717, 1.165) is 73.2 Å². The fraction of sp³-hybridized carbons (Fsp3) is 0.0189. The summed E-state index contributed by atoms with van der Waals surface area (Å²) in [6.45, 7) is 0. The second-order valence-corrected chi connectivity index (χ2v) is 14.7. The van der Waals surface area contributed by atoms with Gasteiger partial charge in [0.25, 0.3) is 5.69 Å². The van der Waals surface area contributed by atoms with Crippen LogP contribution in [0.15, 0.2) is 206 Å². The molecule has 0 unspecified atom stereocenters. The Hall–Kier alpha value is -7.85. The van der Waals surface area contributed by atoms with E-state index in [0.29, 0.717) is 0 Å². The summed E-state index contributed by atoms with van der Waals surface area (Å²) in [7, 11) is 2.14. The molecule has 0 saturated heterocycles. The van der Waals surface area contributed by atoms with Crippen LogP contribution < -0.4 is 14.1 Å². The van der Waals surface area contributed by atoms with Gasteiger partial charge in [-0.1, -0.05) is 121 Å². The molecule has 0 atom stereocenters. The van der Waals surface area contributed by atoms with E-state index in [1.54, 1.807) is 0 Å². The Bertz CT molecular complexity index is 3210. The molecule has 0 bridgehead atoms. The summed E-state index contributed by atoms with van der Waals surface area (Å²) in [5.74, 6) is 0.899. The number of aromatic nitrogens is 2. The summed E-state index contributed by atoms with van der Waals surface area (Å²) in [6, 6.07) is 75.1. The minimum absolute atomic E-state index is 0.899. The number of hydrogen-bond donors (Lipinski definition) is 0. The molecule has 0 aliphatic carbocycles. The van der Waals surface area contributed by atoms with Crippen LogP contribution in [-0.2, 0) is 0 Å². The van der Waals surface area contributed by atoms with Gasteiger partial charge in [-0.15, -0.1) is 0 Å². The monoisotopic (exact) mass is 743 g/mol. The lowest BCUT2D eigenvalue weighted by Gasteiger charge is -2.20. The van der Waals surface area contributed by atoms with Crippen LogP contribution in [-0.4, -0.2) is 22.6 Å². The van der Waals surface area contributed by atoms with Gasteiger partial charge in [-0.25, -0.2) is 4.98 Å². The molecule has 8 aromatic carbocycles. The molecular formula is C53H37N5+2. The Morgan fingerprint density at radius 2 is 1.14 bits per heavy atom. The molecule has 5 nitrogen and oxygen atoms in total. The van der Waals surface area contributed by atoms with Crippen molar-refractivity contribution >= 4 is 72.7 Å². The molecule has 58 heavy (non-hydrogen) atoms. The maximum absolute atomic E-state index is 4.75. The smallest absolute Gasteiger partial charge is 0.344 e. The average Bonchev–Trinajstić information content (AvgIpc) is 3.86. The van der Waals surface area contributed by atoms with E-state index in [9.17, 15) is 0 Å². The van der Waals surface area contributed by atoms with E-state index < -0.39 is 0 Å². The number of rotatable bonds is 7. The largest absolute Gasteiger partial charge is 0.503 e. The second kappa shape index (κ2) is 13.7. The molecule has 0 fully saturated rings. The summed E-state index contributed by atoms with van der Waals surface area (Å²) in [5.41, 5.74) is 13.3. The maximum Gasteiger partial charge on any atom is 0.503 e. The lowest BCUT2D eigenvalue weighted by Crippen LogP contribution is -2.10. The molecule has 0 spiro atoms. The van der Waals surface area contributed by atoms with Crippen molar-refractivity contribution in [3.05, 3.63) is 206 Å². The molecule has 1 aliphatic rings. The van der Waals surface area contributed by atoms with Gasteiger partial charge < -0.3 is 4.90 Å². The minimum Gasteiger partial charge on any atom is -0.344 e. The number of anilines is 2. The second-order valence-electron chi connectivity index (χ2n) is 14.7. The van der Waals surface area contributed by atoms with Crippen molar-refractivity contribution in [1.82, 2.24) is 18.7 Å². The van der Waals surface area contributed by atoms with Gasteiger partial charge in [-0.2, -0.15) is 0 Å². The van der Waals surface area contributed by atoms with Gasteiger partial charge in [-0.05, 0) is 86.3 Å². The van der Waals surface area contributed by atoms with E-state index >= 15 is 0 Å². The number of hydrogen-bond acceptors (Lipinski definition) is 2. The molecule has 3 heterocycles. The highest BCUT2D eigenvalue weighted by atomic mass is 15.2. The third kappa shape index (κ3) is 5.45. The molecule has 2 aromatic heterocycles. The summed E-state index contributed by atoms with van der Waals surface area (Å²) < 4.78 is 6.78. The fourth-order valence-electron chi connectivity index (χ4n) is 8.60. The minimum atomic E-state index is 0.899. The first-order chi connectivity index (χ1) is 28.7. The van der Waals surface area contributed by atoms with Gasteiger partial charge in [0.05, 0.1) is 27.5 Å². The van der Waals surface area contributed by atoms with Crippen molar-refractivity contribution in [3.8, 4) is 28.1 Å². The van der Waals surface area contributed by atoms with Crippen LogP contribution >= 0.6 is 0 Å². The first-order valence-electron chi connectivity index (χ1n) is 19.6. The van der Waals surface area contributed by atoms with E-state index in [-0.39, 0.29) is 0 Å². The quantitative estimate of drug-likeness (QED) is 0.152. The zero-order valence-corrected chi connectivity index (χ0v) is 31.9. The van der Waals surface area contributed by atoms with Gasteiger partial charge >= 0.3 is 11.7 Å². The highest BCUT2D eigenvalue weighted by Gasteiger charge is 2.41. The standard InChI is InChI=1S/C53H37N5/c1-55(41-30-31-47-46-24-10-11-27-48(46)58(50(47)35-41)51-28-12-13-33-54-51)40-21-14-22-42(34-40)56-36-57(53-45-23-9-8-20-39(45)29-32-49(53)56)52-43(37-16-4-2-5-17-37)25-15-26-44(52)38-18-6-3-7-19-38/h2-35H,1H3/q+2. The highest BCUT2D eigenvalue weighted by molar-refractivity contribution is 6.10. The van der Waals surface area contributed by atoms with Gasteiger partial charge in [0.2, 0.25) is 11.4 Å². The van der Waals surface area contributed by atoms with Crippen molar-refractivity contribution in [1.29, 1.82) is 0 Å². The molecule has 5 heteroatoms. The van der Waals surface area contributed by atoms with Crippen molar-refractivity contribution in [3.63, 3.8) is 0 Å². The van der Waals surface area contributed by atoms with E-state index in [1.165, 1.54) is 21.5 Å². The van der Waals surface area contributed by atoms with E-state index in [2.05, 4.69) is 220 Å². The number of nitrogens with zero attached hydrogens (tertiary/aromatic N) is 5. The van der Waals surface area contributed by atoms with Crippen LogP contribution in [0.1, 0.15) is 0 Å². The van der Waals surface area contributed by atoms with Crippen LogP contribution in [0, 0.1) is 0 Å². The Kier molecular flexibility index (Phi) is 7.92. The lowest BCUT2D eigenvalue weighted by atomic mass is 9.95. The van der Waals surface area contributed by atoms with Crippen LogP contribution in [0.2, 0.25) is 0 Å². The summed E-state index contributed by atoms with van der Waals surface area (Å²) in [4.78, 5) is 7.01. The van der Waals surface area contributed by atoms with Crippen molar-refractivity contribution < 1.29 is 0 Å². The first-order valence-corrected chi connectivity index (χ1v) is 19.6. The third-order valence-corrected chi connectivity index (χ3v) is 11.4. The third-order valence-electron chi connectivity index (χ3n) is 11.4. The fourth-order valence-corrected chi connectivity index (χ4v) is 8.60. The van der Waals surface area contributed by atoms with E-state index in [1.807, 2.05) is 18.3 Å². The van der Waals surface area contributed by atoms with Gasteiger partial charge in [-0.3, -0.25) is 4.57 Å². The number of fused-ring (bicyclic) bond motifs is 6. The predicted octanol–water partition coefficient (Wildman–Crippen LogP) is 13.3. The zero-order valence-electron chi connectivity index (χ0n) is 31.9. The average molecular weight is 744 g/mol. The molecule has 10 aromatic rings. The molecule has 272 valence electrons. The van der Waals surface area contributed by atoms with Crippen molar-refractivity contribution in [2.45, 2.75) is 0 Å². The Morgan fingerprint density at radius 3 is 1.90 bits per heavy atom. The molecule has 11 rings (SSSR count). The Morgan fingerprint density at radius 1 is 0.483 bits per heavy atom. The topological polar surface area (TPSA) is 27.1 Å².